The molecule has 2 aromatic carbocycles. The molecule has 3 aromatic rings. The number of carbonyl (C=O) groups is 1. The fourth-order valence-corrected chi connectivity index (χ4v) is 5.11. The van der Waals surface area contributed by atoms with E-state index in [1.54, 1.807) is 19.2 Å². The molecular formula is C24H26N4O5S. The van der Waals surface area contributed by atoms with Gasteiger partial charge in [0.1, 0.15) is 12.4 Å². The number of ether oxygens (including phenoxy) is 2. The van der Waals surface area contributed by atoms with Crippen molar-refractivity contribution in [3.8, 4) is 22.9 Å². The van der Waals surface area contributed by atoms with E-state index in [9.17, 15) is 13.2 Å². The highest BCUT2D eigenvalue weighted by Crippen LogP contribution is 2.22. The van der Waals surface area contributed by atoms with Gasteiger partial charge in [-0.15, -0.1) is 10.2 Å². The first-order valence-corrected chi connectivity index (χ1v) is 12.4. The first-order chi connectivity index (χ1) is 16.5. The molecule has 2 heterocycles. The smallest absolute Gasteiger partial charge is 0.251 e. The van der Waals surface area contributed by atoms with Crippen molar-refractivity contribution >= 4 is 15.9 Å². The van der Waals surface area contributed by atoms with Crippen LogP contribution in [0.3, 0.4) is 0 Å². The lowest BCUT2D eigenvalue weighted by atomic mass is 10.1. The quantitative estimate of drug-likeness (QED) is 0.467. The van der Waals surface area contributed by atoms with Crippen molar-refractivity contribution < 1.29 is 22.7 Å². The molecule has 1 amide bonds. The SMILES string of the molecule is COc1ccc(-c2ccc(OCCNC(=O)c3ccc(S(=O)(=O)N4CCCC4)cc3)nn2)cc1. The van der Waals surface area contributed by atoms with E-state index < -0.39 is 10.0 Å². The topological polar surface area (TPSA) is 111 Å². The molecule has 1 aliphatic heterocycles. The Hall–Kier alpha value is -3.50. The third-order valence-corrected chi connectivity index (χ3v) is 7.40. The van der Waals surface area contributed by atoms with E-state index in [0.717, 1.165) is 24.2 Å². The molecule has 1 saturated heterocycles. The zero-order chi connectivity index (χ0) is 24.0. The van der Waals surface area contributed by atoms with Crippen LogP contribution in [0, 0.1) is 0 Å². The highest BCUT2D eigenvalue weighted by Gasteiger charge is 2.27. The zero-order valence-corrected chi connectivity index (χ0v) is 19.6. The van der Waals surface area contributed by atoms with Gasteiger partial charge < -0.3 is 14.8 Å². The minimum absolute atomic E-state index is 0.200. The van der Waals surface area contributed by atoms with Gasteiger partial charge in [-0.1, -0.05) is 0 Å². The summed E-state index contributed by atoms with van der Waals surface area (Å²) in [6, 6.07) is 17.0. The molecule has 1 N–H and O–H groups in total. The van der Waals surface area contributed by atoms with E-state index >= 15 is 0 Å². The average Bonchev–Trinajstić information content (AvgIpc) is 3.43. The molecule has 10 heteroatoms. The average molecular weight is 483 g/mol. The first-order valence-electron chi connectivity index (χ1n) is 11.0. The van der Waals surface area contributed by atoms with E-state index in [2.05, 4.69) is 15.5 Å². The summed E-state index contributed by atoms with van der Waals surface area (Å²) in [7, 11) is -1.88. The third-order valence-electron chi connectivity index (χ3n) is 5.48. The van der Waals surface area contributed by atoms with Crippen molar-refractivity contribution in [3.63, 3.8) is 0 Å². The van der Waals surface area contributed by atoms with Crippen LogP contribution >= 0.6 is 0 Å². The predicted molar refractivity (Wildman–Crippen MR) is 126 cm³/mol. The maximum Gasteiger partial charge on any atom is 0.251 e. The van der Waals surface area contributed by atoms with E-state index in [-0.39, 0.29) is 24.0 Å². The van der Waals surface area contributed by atoms with Crippen molar-refractivity contribution in [2.75, 3.05) is 33.4 Å². The highest BCUT2D eigenvalue weighted by molar-refractivity contribution is 7.89. The Morgan fingerprint density at radius 1 is 0.971 bits per heavy atom. The van der Waals surface area contributed by atoms with E-state index in [1.165, 1.54) is 28.6 Å². The molecule has 0 spiro atoms. The van der Waals surface area contributed by atoms with Gasteiger partial charge in [0.2, 0.25) is 15.9 Å². The molecule has 9 nitrogen and oxygen atoms in total. The summed E-state index contributed by atoms with van der Waals surface area (Å²) < 4.78 is 37.3. The van der Waals surface area contributed by atoms with Crippen LogP contribution in [0.1, 0.15) is 23.2 Å². The Kier molecular flexibility index (Phi) is 7.39. The maximum absolute atomic E-state index is 12.6. The Balaban J connectivity index is 1.24. The van der Waals surface area contributed by atoms with Crippen LogP contribution < -0.4 is 14.8 Å². The number of methoxy groups -OCH3 is 1. The minimum atomic E-state index is -3.49. The van der Waals surface area contributed by atoms with Crippen LogP contribution in [-0.2, 0) is 10.0 Å². The molecule has 1 fully saturated rings. The molecule has 1 aromatic heterocycles. The second-order valence-corrected chi connectivity index (χ2v) is 9.66. The molecule has 178 valence electrons. The molecule has 1 aliphatic rings. The van der Waals surface area contributed by atoms with Gasteiger partial charge in [-0.2, -0.15) is 4.31 Å². The van der Waals surface area contributed by atoms with Crippen LogP contribution in [0.15, 0.2) is 65.6 Å². The standard InChI is InChI=1S/C24H26N4O5S/c1-32-20-8-4-18(5-9-20)22-12-13-23(27-26-22)33-17-14-25-24(29)19-6-10-21(11-7-19)34(30,31)28-15-2-3-16-28/h4-13H,2-3,14-17H2,1H3,(H,25,29). The molecule has 0 radical (unpaired) electrons. The van der Waals surface area contributed by atoms with Crippen molar-refractivity contribution in [1.29, 1.82) is 0 Å². The summed E-state index contributed by atoms with van der Waals surface area (Å²) in [6.45, 7) is 1.55. The Morgan fingerprint density at radius 3 is 2.29 bits per heavy atom. The van der Waals surface area contributed by atoms with E-state index in [0.29, 0.717) is 30.2 Å². The maximum atomic E-state index is 12.6. The molecule has 34 heavy (non-hydrogen) atoms. The van der Waals surface area contributed by atoms with Crippen LogP contribution in [0.5, 0.6) is 11.6 Å². The lowest BCUT2D eigenvalue weighted by Crippen LogP contribution is -2.29. The van der Waals surface area contributed by atoms with E-state index in [4.69, 9.17) is 9.47 Å². The summed E-state index contributed by atoms with van der Waals surface area (Å²) >= 11 is 0. The predicted octanol–water partition coefficient (Wildman–Crippen LogP) is 2.75. The van der Waals surface area contributed by atoms with Crippen molar-refractivity contribution in [3.05, 3.63) is 66.2 Å². The second kappa shape index (κ2) is 10.6. The number of hydrogen-bond acceptors (Lipinski definition) is 7. The summed E-state index contributed by atoms with van der Waals surface area (Å²) in [4.78, 5) is 12.6. The summed E-state index contributed by atoms with van der Waals surface area (Å²) in [5, 5.41) is 11.0. The van der Waals surface area contributed by atoms with Crippen LogP contribution in [-0.4, -0.2) is 62.2 Å². The molecule has 4 rings (SSSR count). The number of nitrogens with zero attached hydrogens (tertiary/aromatic N) is 3. The van der Waals surface area contributed by atoms with Gasteiger partial charge in [0.25, 0.3) is 5.91 Å². The van der Waals surface area contributed by atoms with Crippen LogP contribution in [0.4, 0.5) is 0 Å². The Labute approximate surface area is 198 Å². The number of rotatable bonds is 9. The fraction of sp³-hybridized carbons (Fsp3) is 0.292. The van der Waals surface area contributed by atoms with Gasteiger partial charge >= 0.3 is 0 Å². The van der Waals surface area contributed by atoms with Crippen molar-refractivity contribution in [2.45, 2.75) is 17.7 Å². The van der Waals surface area contributed by atoms with Crippen LogP contribution in [0.2, 0.25) is 0 Å². The fourth-order valence-electron chi connectivity index (χ4n) is 3.59. The van der Waals surface area contributed by atoms with Crippen molar-refractivity contribution in [1.82, 2.24) is 19.8 Å². The lowest BCUT2D eigenvalue weighted by molar-refractivity contribution is 0.0946. The highest BCUT2D eigenvalue weighted by atomic mass is 32.2. The van der Waals surface area contributed by atoms with Gasteiger partial charge in [-0.05, 0) is 67.4 Å². The summed E-state index contributed by atoms with van der Waals surface area (Å²) in [5.41, 5.74) is 1.99. The number of carbonyl (C=O) groups excluding carboxylic acids is 1. The second-order valence-electron chi connectivity index (χ2n) is 7.73. The molecule has 0 atom stereocenters. The van der Waals surface area contributed by atoms with Gasteiger partial charge in [0, 0.05) is 30.3 Å². The van der Waals surface area contributed by atoms with Gasteiger partial charge in [0.05, 0.1) is 24.2 Å². The normalized spacial score (nSPS) is 14.0. The number of benzene rings is 2. The minimum Gasteiger partial charge on any atom is -0.497 e. The monoisotopic (exact) mass is 482 g/mol. The molecule has 0 saturated carbocycles. The number of aromatic nitrogens is 2. The Morgan fingerprint density at radius 2 is 1.68 bits per heavy atom. The molecule has 0 aliphatic carbocycles. The Bertz CT molecular complexity index is 1210. The third kappa shape index (κ3) is 5.52. The van der Waals surface area contributed by atoms with E-state index in [1.807, 2.05) is 24.3 Å². The zero-order valence-electron chi connectivity index (χ0n) is 18.8. The molecular weight excluding hydrogens is 456 g/mol. The summed E-state index contributed by atoms with van der Waals surface area (Å²) in [6.07, 6.45) is 1.75. The number of amides is 1. The first kappa shape index (κ1) is 23.7. The lowest BCUT2D eigenvalue weighted by Gasteiger charge is -2.15. The van der Waals surface area contributed by atoms with Crippen LogP contribution in [0.25, 0.3) is 11.3 Å². The number of sulfonamides is 1. The van der Waals surface area contributed by atoms with Gasteiger partial charge in [-0.25, -0.2) is 8.42 Å². The number of hydrogen-bond donors (Lipinski definition) is 1. The van der Waals surface area contributed by atoms with Crippen molar-refractivity contribution in [2.24, 2.45) is 0 Å². The van der Waals surface area contributed by atoms with Gasteiger partial charge in [-0.3, -0.25) is 4.79 Å². The molecule has 0 bridgehead atoms. The van der Waals surface area contributed by atoms with Gasteiger partial charge in [0.15, 0.2) is 0 Å². The number of nitrogens with one attached hydrogen (secondary N) is 1. The largest absolute Gasteiger partial charge is 0.497 e. The summed E-state index contributed by atoms with van der Waals surface area (Å²) in [5.74, 6) is 0.805. The molecule has 0 unspecified atom stereocenters.